The maximum absolute atomic E-state index is 14.1. The van der Waals surface area contributed by atoms with Crippen molar-refractivity contribution in [3.8, 4) is 16.8 Å². The van der Waals surface area contributed by atoms with E-state index in [1.807, 2.05) is 49.6 Å². The summed E-state index contributed by atoms with van der Waals surface area (Å²) in [5.41, 5.74) is 2.80. The molecule has 3 aliphatic rings. The Bertz CT molecular complexity index is 2780. The number of hydrogen-bond acceptors (Lipinski definition) is 12. The third-order valence-electron chi connectivity index (χ3n) is 12.3. The highest BCUT2D eigenvalue weighted by Crippen LogP contribution is 2.43. The van der Waals surface area contributed by atoms with Crippen LogP contribution >= 0.6 is 22.9 Å². The van der Waals surface area contributed by atoms with E-state index >= 15 is 0 Å². The zero-order valence-corrected chi connectivity index (χ0v) is 39.2. The van der Waals surface area contributed by atoms with Crippen molar-refractivity contribution in [3.63, 3.8) is 0 Å². The number of rotatable bonds is 13. The number of ether oxygens (including phenoxy) is 2. The van der Waals surface area contributed by atoms with E-state index in [-0.39, 0.29) is 69.3 Å². The summed E-state index contributed by atoms with van der Waals surface area (Å²) in [5.74, 6) is 0.456. The maximum atomic E-state index is 14.1. The summed E-state index contributed by atoms with van der Waals surface area (Å²) in [6.45, 7) is 10.5. The highest BCUT2D eigenvalue weighted by molar-refractivity contribution is 7.15. The predicted octanol–water partition coefficient (Wildman–Crippen LogP) is 8.70. The van der Waals surface area contributed by atoms with Crippen LogP contribution in [0.2, 0.25) is 5.02 Å². The second-order valence-electron chi connectivity index (χ2n) is 17.9. The molecule has 4 heterocycles. The Hall–Kier alpha value is -6.10. The molecule has 3 aromatic heterocycles. The molecule has 0 bridgehead atoms. The Balaban J connectivity index is 0.781. The predicted molar refractivity (Wildman–Crippen MR) is 246 cm³/mol. The molecule has 1 atom stereocenters. The van der Waals surface area contributed by atoms with Gasteiger partial charge in [-0.1, -0.05) is 37.6 Å². The molecule has 5 aromatic rings. The van der Waals surface area contributed by atoms with Gasteiger partial charge in [0.25, 0.3) is 0 Å². The Morgan fingerprint density at radius 1 is 0.985 bits per heavy atom. The fourth-order valence-corrected chi connectivity index (χ4v) is 10.3. The molecule has 1 fully saturated rings. The number of nitrogens with one attached hydrogen (secondary N) is 3. The number of anilines is 1. The summed E-state index contributed by atoms with van der Waals surface area (Å²) in [7, 11) is 0. The number of thiophene rings is 1. The zero-order valence-electron chi connectivity index (χ0n) is 37.6. The van der Waals surface area contributed by atoms with Crippen molar-refractivity contribution >= 4 is 52.1 Å². The number of alkyl carbamates (subject to hydrolysis) is 1. The first-order valence-electron chi connectivity index (χ1n) is 22.1. The smallest absolute Gasteiger partial charge is 0.435 e. The largest absolute Gasteiger partial charge is 0.446 e. The molecule has 352 valence electrons. The SMILES string of the molecule is Cc1sc2c(c1C)C(c1ccc(Cl)cc1)=N[C@@H](CC(=O)NCCOCCNC(=O)O[C@H]1CC[C@H](Nc3cc(-n4nc(C(F)(F)F)c5c4CC(C)(C)CC5=O)ccc3C#N)CC1)c1nnc(C)n1-2. The number of nitriles is 1. The minimum Gasteiger partial charge on any atom is -0.446 e. The van der Waals surface area contributed by atoms with Crippen LogP contribution in [0.4, 0.5) is 23.7 Å². The van der Waals surface area contributed by atoms with Gasteiger partial charge in [0.15, 0.2) is 17.3 Å². The molecule has 0 spiro atoms. The van der Waals surface area contributed by atoms with Gasteiger partial charge in [-0.25, -0.2) is 9.48 Å². The molecule has 2 aromatic carbocycles. The first kappa shape index (κ1) is 47.4. The van der Waals surface area contributed by atoms with Crippen LogP contribution in [0.3, 0.4) is 0 Å². The van der Waals surface area contributed by atoms with Crippen molar-refractivity contribution in [2.45, 2.75) is 104 Å². The van der Waals surface area contributed by atoms with Crippen molar-refractivity contribution in [2.75, 3.05) is 31.6 Å². The number of aryl methyl sites for hydroxylation is 2. The summed E-state index contributed by atoms with van der Waals surface area (Å²) >= 11 is 7.86. The van der Waals surface area contributed by atoms with Crippen LogP contribution in [0.1, 0.15) is 119 Å². The van der Waals surface area contributed by atoms with Crippen molar-refractivity contribution in [1.82, 2.24) is 35.2 Å². The summed E-state index contributed by atoms with van der Waals surface area (Å²) in [5, 5.41) is 33.1. The molecule has 0 saturated heterocycles. The molecule has 20 heteroatoms. The molecule has 1 saturated carbocycles. The first-order valence-corrected chi connectivity index (χ1v) is 23.3. The van der Waals surface area contributed by atoms with E-state index in [4.69, 9.17) is 26.1 Å². The van der Waals surface area contributed by atoms with E-state index in [1.165, 1.54) is 16.8 Å². The maximum Gasteiger partial charge on any atom is 0.435 e. The number of carbonyl (C=O) groups is 3. The number of alkyl halides is 3. The summed E-state index contributed by atoms with van der Waals surface area (Å²) in [4.78, 5) is 45.2. The normalized spacial score (nSPS) is 18.7. The number of hydrogen-bond donors (Lipinski definition) is 3. The lowest BCUT2D eigenvalue weighted by molar-refractivity contribution is -0.141. The Morgan fingerprint density at radius 3 is 2.40 bits per heavy atom. The van der Waals surface area contributed by atoms with E-state index in [9.17, 15) is 32.8 Å². The minimum absolute atomic E-state index is 0.0160. The van der Waals surface area contributed by atoms with Gasteiger partial charge in [-0.05, 0) is 94.2 Å². The topological polar surface area (TPSA) is 190 Å². The average Bonchev–Trinajstić information content (AvgIpc) is 3.92. The number of Topliss-reactive ketones (excluding diaryl/α,β-unsaturated/α-hetero) is 1. The summed E-state index contributed by atoms with van der Waals surface area (Å²) in [6.07, 6.45) is -3.21. The van der Waals surface area contributed by atoms with Crippen LogP contribution in [0.15, 0.2) is 47.5 Å². The molecule has 3 N–H and O–H groups in total. The van der Waals surface area contributed by atoms with Gasteiger partial charge in [0.05, 0.1) is 53.5 Å². The van der Waals surface area contributed by atoms with E-state index in [2.05, 4.69) is 51.2 Å². The lowest BCUT2D eigenvalue weighted by atomic mass is 9.75. The fourth-order valence-electron chi connectivity index (χ4n) is 8.95. The van der Waals surface area contributed by atoms with Gasteiger partial charge in [0.2, 0.25) is 5.91 Å². The van der Waals surface area contributed by atoms with Gasteiger partial charge >= 0.3 is 12.3 Å². The summed E-state index contributed by atoms with van der Waals surface area (Å²) < 4.78 is 56.7. The van der Waals surface area contributed by atoms with Crippen LogP contribution in [0.25, 0.3) is 10.7 Å². The van der Waals surface area contributed by atoms with Gasteiger partial charge in [-0.2, -0.15) is 23.5 Å². The van der Waals surface area contributed by atoms with Crippen molar-refractivity contribution in [3.05, 3.63) is 103 Å². The number of amides is 2. The van der Waals surface area contributed by atoms with Crippen molar-refractivity contribution in [1.29, 1.82) is 5.26 Å². The average molecular weight is 959 g/mol. The molecule has 15 nitrogen and oxygen atoms in total. The first-order chi connectivity index (χ1) is 31.9. The Labute approximate surface area is 394 Å². The van der Waals surface area contributed by atoms with Crippen LogP contribution in [0.5, 0.6) is 0 Å². The quantitative estimate of drug-likeness (QED) is 0.0963. The van der Waals surface area contributed by atoms with Gasteiger partial charge in [0.1, 0.15) is 29.0 Å². The molecule has 2 amide bonds. The number of carbonyl (C=O) groups excluding carboxylic acids is 3. The van der Waals surface area contributed by atoms with Gasteiger partial charge in [-0.15, -0.1) is 21.5 Å². The molecular formula is C47H50ClF3N10O5S. The van der Waals surface area contributed by atoms with E-state index < -0.39 is 40.8 Å². The van der Waals surface area contributed by atoms with Gasteiger partial charge in [-0.3, -0.25) is 19.1 Å². The fraction of sp³-hybridized carbons (Fsp3) is 0.447. The second-order valence-corrected chi connectivity index (χ2v) is 19.5. The molecule has 2 aliphatic carbocycles. The number of fused-ring (bicyclic) bond motifs is 4. The lowest BCUT2D eigenvalue weighted by Gasteiger charge is -2.30. The monoisotopic (exact) mass is 958 g/mol. The number of nitrogens with zero attached hydrogens (tertiary/aromatic N) is 7. The van der Waals surface area contributed by atoms with Crippen LogP contribution < -0.4 is 16.0 Å². The minimum atomic E-state index is -4.81. The highest BCUT2D eigenvalue weighted by Gasteiger charge is 2.45. The zero-order chi connectivity index (χ0) is 47.8. The lowest BCUT2D eigenvalue weighted by Crippen LogP contribution is -2.35. The number of aliphatic imine (C=N–C) groups is 1. The summed E-state index contributed by atoms with van der Waals surface area (Å²) in [6, 6.07) is 13.6. The van der Waals surface area contributed by atoms with Crippen LogP contribution in [-0.2, 0) is 26.9 Å². The Morgan fingerprint density at radius 2 is 1.70 bits per heavy atom. The van der Waals surface area contributed by atoms with Crippen LogP contribution in [0, 0.1) is 37.5 Å². The number of ketones is 1. The number of halogens is 4. The number of benzene rings is 2. The molecule has 0 unspecified atom stereocenters. The standard InChI is InChI=1S/C47H50ClF3N10O5S/c1-25-26(2)67-44-39(25)41(28-6-9-30(48)10-7-28)56-35(43-58-57-27(3)60(43)44)21-38(63)53-16-18-65-19-17-54-45(64)66-33-14-11-31(12-15-33)55-34-20-32(13-8-29(34)24-52)61-36-22-46(4,5)23-37(62)40(36)42(59-61)47(49,50)51/h6-10,13,20,31,33,35,55H,11-12,14-19,21-23H2,1-5H3,(H,53,63)(H,54,64)/t31-,33-,35-/m0/s1. The van der Waals surface area contributed by atoms with Crippen molar-refractivity contribution < 1.29 is 37.0 Å². The third kappa shape index (κ3) is 10.3. The molecule has 0 radical (unpaired) electrons. The molecule has 8 rings (SSSR count). The van der Waals surface area contributed by atoms with E-state index in [1.54, 1.807) is 17.4 Å². The highest BCUT2D eigenvalue weighted by atomic mass is 35.5. The Kier molecular flexibility index (Phi) is 13.6. The third-order valence-corrected chi connectivity index (χ3v) is 13.8. The van der Waals surface area contributed by atoms with E-state index in [0.717, 1.165) is 32.3 Å². The second kappa shape index (κ2) is 19.2. The molecule has 67 heavy (non-hydrogen) atoms. The van der Waals surface area contributed by atoms with E-state index in [0.29, 0.717) is 59.3 Å². The molecule has 1 aliphatic heterocycles. The van der Waals surface area contributed by atoms with Crippen molar-refractivity contribution in [2.24, 2.45) is 10.4 Å². The van der Waals surface area contributed by atoms with Gasteiger partial charge in [0, 0.05) is 46.6 Å². The van der Waals surface area contributed by atoms with Crippen LogP contribution in [-0.4, -0.2) is 86.5 Å². The number of aromatic nitrogens is 5. The van der Waals surface area contributed by atoms with Gasteiger partial charge < -0.3 is 25.4 Å². The molecular weight excluding hydrogens is 909 g/mol.